The Bertz CT molecular complexity index is 1040. The Labute approximate surface area is 164 Å². The van der Waals surface area contributed by atoms with Crippen molar-refractivity contribution in [3.8, 4) is 22.8 Å². The molecular formula is C19H15N3O5S. The molecule has 9 heteroatoms. The van der Waals surface area contributed by atoms with Crippen LogP contribution in [0.3, 0.4) is 0 Å². The highest BCUT2D eigenvalue weighted by Crippen LogP contribution is 2.37. The average Bonchev–Trinajstić information content (AvgIpc) is 3.34. The van der Waals surface area contributed by atoms with Gasteiger partial charge in [-0.25, -0.2) is 9.78 Å². The minimum absolute atomic E-state index is 0.135. The normalized spacial score (nSPS) is 11.8. The Hall–Kier alpha value is -3.59. The highest BCUT2D eigenvalue weighted by atomic mass is 32.1. The van der Waals surface area contributed by atoms with Crippen LogP contribution in [0.5, 0.6) is 11.5 Å². The Morgan fingerprint density at radius 1 is 1.07 bits per heavy atom. The molecule has 0 atom stereocenters. The number of amides is 2. The van der Waals surface area contributed by atoms with Crippen LogP contribution in [-0.2, 0) is 4.74 Å². The van der Waals surface area contributed by atoms with Crippen LogP contribution in [-0.4, -0.2) is 30.9 Å². The van der Waals surface area contributed by atoms with Gasteiger partial charge in [-0.05, 0) is 18.2 Å². The first kappa shape index (κ1) is 17.8. The first-order valence-electron chi connectivity index (χ1n) is 8.26. The second-order valence-corrected chi connectivity index (χ2v) is 6.70. The zero-order valence-corrected chi connectivity index (χ0v) is 15.5. The summed E-state index contributed by atoms with van der Waals surface area (Å²) in [6, 6.07) is 14.3. The first-order chi connectivity index (χ1) is 13.6. The van der Waals surface area contributed by atoms with E-state index in [2.05, 4.69) is 20.4 Å². The minimum Gasteiger partial charge on any atom is -0.454 e. The molecule has 8 nitrogen and oxygen atoms in total. The molecule has 1 aliphatic rings. The van der Waals surface area contributed by atoms with Gasteiger partial charge < -0.3 is 19.5 Å². The molecule has 0 saturated carbocycles. The van der Waals surface area contributed by atoms with Gasteiger partial charge in [-0.15, -0.1) is 0 Å². The summed E-state index contributed by atoms with van der Waals surface area (Å²) in [6.45, 7) is 0.135. The molecule has 2 amide bonds. The van der Waals surface area contributed by atoms with Crippen LogP contribution in [0.25, 0.3) is 11.3 Å². The van der Waals surface area contributed by atoms with Crippen molar-refractivity contribution in [1.29, 1.82) is 0 Å². The summed E-state index contributed by atoms with van der Waals surface area (Å²) in [5, 5.41) is 6.20. The maximum atomic E-state index is 12.7. The lowest BCUT2D eigenvalue weighted by molar-refractivity contribution is 0.102. The summed E-state index contributed by atoms with van der Waals surface area (Å²) in [4.78, 5) is 28.7. The minimum atomic E-state index is -0.637. The molecule has 4 rings (SSSR count). The van der Waals surface area contributed by atoms with E-state index in [1.807, 2.05) is 30.3 Å². The van der Waals surface area contributed by atoms with E-state index >= 15 is 0 Å². The molecule has 2 heterocycles. The van der Waals surface area contributed by atoms with Gasteiger partial charge in [0.1, 0.15) is 10.7 Å². The van der Waals surface area contributed by atoms with Crippen LogP contribution in [0.15, 0.2) is 48.5 Å². The number of nitrogens with one attached hydrogen (secondary N) is 2. The molecule has 0 unspecified atom stereocenters. The Balaban J connectivity index is 1.64. The number of carbonyl (C=O) groups excluding carboxylic acids is 2. The molecule has 0 aliphatic carbocycles. The zero-order valence-electron chi connectivity index (χ0n) is 14.7. The number of anilines is 2. The van der Waals surface area contributed by atoms with Crippen molar-refractivity contribution in [2.75, 3.05) is 24.5 Å². The molecule has 0 fully saturated rings. The van der Waals surface area contributed by atoms with Gasteiger partial charge in [0.05, 0.1) is 7.11 Å². The Kier molecular flexibility index (Phi) is 4.81. The molecule has 28 heavy (non-hydrogen) atoms. The van der Waals surface area contributed by atoms with Gasteiger partial charge in [0.2, 0.25) is 6.79 Å². The standard InChI is InChI=1S/C19H15N3O5S/c1-25-19(24)22-18-20-15(11-5-3-2-4-6-11)17(28-18)21-16(23)12-7-8-13-14(9-12)27-10-26-13/h2-9H,10H2,1H3,(H,21,23)(H,20,22,24). The van der Waals surface area contributed by atoms with E-state index in [0.717, 1.165) is 16.9 Å². The number of benzene rings is 2. The number of aromatic nitrogens is 1. The van der Waals surface area contributed by atoms with E-state index in [9.17, 15) is 9.59 Å². The van der Waals surface area contributed by atoms with Crippen LogP contribution < -0.4 is 20.1 Å². The van der Waals surface area contributed by atoms with Crippen LogP contribution in [0.1, 0.15) is 10.4 Å². The van der Waals surface area contributed by atoms with Crippen molar-refractivity contribution in [3.63, 3.8) is 0 Å². The Morgan fingerprint density at radius 2 is 1.86 bits per heavy atom. The van der Waals surface area contributed by atoms with Crippen molar-refractivity contribution in [2.24, 2.45) is 0 Å². The monoisotopic (exact) mass is 397 g/mol. The highest BCUT2D eigenvalue weighted by Gasteiger charge is 2.20. The lowest BCUT2D eigenvalue weighted by Gasteiger charge is -2.06. The Morgan fingerprint density at radius 3 is 2.64 bits per heavy atom. The van der Waals surface area contributed by atoms with E-state index in [-0.39, 0.29) is 12.7 Å². The summed E-state index contributed by atoms with van der Waals surface area (Å²) in [5.41, 5.74) is 1.77. The molecule has 0 spiro atoms. The summed E-state index contributed by atoms with van der Waals surface area (Å²) in [5.74, 6) is 0.793. The molecule has 0 saturated heterocycles. The number of ether oxygens (including phenoxy) is 3. The van der Waals surface area contributed by atoms with Crippen LogP contribution in [0.4, 0.5) is 14.9 Å². The van der Waals surface area contributed by atoms with Crippen molar-refractivity contribution in [1.82, 2.24) is 4.98 Å². The number of hydrogen-bond donors (Lipinski definition) is 2. The maximum absolute atomic E-state index is 12.7. The molecule has 142 valence electrons. The van der Waals surface area contributed by atoms with E-state index in [0.29, 0.717) is 32.9 Å². The van der Waals surface area contributed by atoms with Gasteiger partial charge in [0, 0.05) is 11.1 Å². The fourth-order valence-corrected chi connectivity index (χ4v) is 3.47. The van der Waals surface area contributed by atoms with E-state index in [1.165, 1.54) is 7.11 Å². The third kappa shape index (κ3) is 3.60. The molecular weight excluding hydrogens is 382 g/mol. The smallest absolute Gasteiger partial charge is 0.413 e. The second-order valence-electron chi connectivity index (χ2n) is 5.70. The van der Waals surface area contributed by atoms with E-state index in [1.54, 1.807) is 18.2 Å². The fraction of sp³-hybridized carbons (Fsp3) is 0.105. The number of hydrogen-bond acceptors (Lipinski definition) is 7. The molecule has 1 aromatic heterocycles. The molecule has 3 aromatic rings. The topological polar surface area (TPSA) is 98.8 Å². The van der Waals surface area contributed by atoms with Gasteiger partial charge in [0.25, 0.3) is 5.91 Å². The van der Waals surface area contributed by atoms with Gasteiger partial charge in [-0.2, -0.15) is 0 Å². The second kappa shape index (κ2) is 7.57. The maximum Gasteiger partial charge on any atom is 0.413 e. The number of rotatable bonds is 4. The highest BCUT2D eigenvalue weighted by molar-refractivity contribution is 7.20. The van der Waals surface area contributed by atoms with Gasteiger partial charge in [-0.1, -0.05) is 41.7 Å². The third-order valence-electron chi connectivity index (χ3n) is 3.93. The van der Waals surface area contributed by atoms with Crippen molar-refractivity contribution in [2.45, 2.75) is 0 Å². The molecule has 0 radical (unpaired) electrons. The molecule has 0 bridgehead atoms. The van der Waals surface area contributed by atoms with E-state index in [4.69, 9.17) is 9.47 Å². The van der Waals surface area contributed by atoms with Crippen LogP contribution >= 0.6 is 11.3 Å². The largest absolute Gasteiger partial charge is 0.454 e. The third-order valence-corrected chi connectivity index (χ3v) is 4.82. The SMILES string of the molecule is COC(=O)Nc1nc(-c2ccccc2)c(NC(=O)c2ccc3c(c2)OCO3)s1. The summed E-state index contributed by atoms with van der Waals surface area (Å²) in [7, 11) is 1.27. The number of nitrogens with zero attached hydrogens (tertiary/aromatic N) is 1. The summed E-state index contributed by atoms with van der Waals surface area (Å²) in [6.07, 6.45) is -0.637. The van der Waals surface area contributed by atoms with Crippen molar-refractivity contribution in [3.05, 3.63) is 54.1 Å². The molecule has 1 aliphatic heterocycles. The number of fused-ring (bicyclic) bond motifs is 1. The van der Waals surface area contributed by atoms with Crippen molar-refractivity contribution >= 4 is 33.5 Å². The number of thiazole rings is 1. The summed E-state index contributed by atoms with van der Waals surface area (Å²) < 4.78 is 15.2. The molecule has 2 aromatic carbocycles. The van der Waals surface area contributed by atoms with Crippen LogP contribution in [0, 0.1) is 0 Å². The van der Waals surface area contributed by atoms with Crippen LogP contribution in [0.2, 0.25) is 0 Å². The van der Waals surface area contributed by atoms with E-state index < -0.39 is 6.09 Å². The number of carbonyl (C=O) groups is 2. The predicted molar refractivity (Wildman–Crippen MR) is 104 cm³/mol. The lowest BCUT2D eigenvalue weighted by Crippen LogP contribution is -2.11. The molecule has 2 N–H and O–H groups in total. The van der Waals surface area contributed by atoms with Crippen molar-refractivity contribution < 1.29 is 23.8 Å². The van der Waals surface area contributed by atoms with Gasteiger partial charge in [0.15, 0.2) is 16.6 Å². The predicted octanol–water partition coefficient (Wildman–Crippen LogP) is 3.97. The fourth-order valence-electron chi connectivity index (χ4n) is 2.60. The summed E-state index contributed by atoms with van der Waals surface area (Å²) >= 11 is 1.14. The quantitative estimate of drug-likeness (QED) is 0.691. The van der Waals surface area contributed by atoms with Gasteiger partial charge >= 0.3 is 6.09 Å². The van der Waals surface area contributed by atoms with Gasteiger partial charge in [-0.3, -0.25) is 10.1 Å². The lowest BCUT2D eigenvalue weighted by atomic mass is 10.1. The average molecular weight is 397 g/mol. The number of methoxy groups -OCH3 is 1. The first-order valence-corrected chi connectivity index (χ1v) is 9.08. The zero-order chi connectivity index (χ0) is 19.5.